The minimum absolute atomic E-state index is 0.0466. The zero-order valence-corrected chi connectivity index (χ0v) is 13.1. The zero-order valence-electron chi connectivity index (χ0n) is 12.3. The average molecular weight is 325 g/mol. The van der Waals surface area contributed by atoms with E-state index in [1.54, 1.807) is 24.3 Å². The number of carboxylic acid groups (broad SMARTS) is 1. The van der Waals surface area contributed by atoms with E-state index in [1.165, 1.54) is 6.26 Å². The molecule has 0 saturated heterocycles. The molecule has 2 rings (SSSR count). The highest BCUT2D eigenvalue weighted by atomic mass is 32.2. The van der Waals surface area contributed by atoms with Crippen molar-refractivity contribution in [2.75, 3.05) is 17.3 Å². The number of benzene rings is 1. The van der Waals surface area contributed by atoms with Gasteiger partial charge in [-0.1, -0.05) is 12.1 Å². The van der Waals surface area contributed by atoms with Crippen molar-refractivity contribution in [2.24, 2.45) is 5.41 Å². The fraction of sp³-hybridized carbons (Fsp3) is 0.467. The first-order chi connectivity index (χ1) is 10.2. The summed E-state index contributed by atoms with van der Waals surface area (Å²) in [5.41, 5.74) is 0.830. The number of carbonyl (C=O) groups is 2. The van der Waals surface area contributed by atoms with E-state index in [-0.39, 0.29) is 24.5 Å². The molecule has 120 valence electrons. The van der Waals surface area contributed by atoms with Crippen LogP contribution in [0.15, 0.2) is 24.3 Å². The normalized spacial score (nSPS) is 16.0. The maximum Gasteiger partial charge on any atom is 0.307 e. The van der Waals surface area contributed by atoms with Crippen LogP contribution in [0, 0.1) is 5.41 Å². The van der Waals surface area contributed by atoms with Gasteiger partial charge in [0.2, 0.25) is 5.91 Å². The second-order valence-electron chi connectivity index (χ2n) is 6.06. The number of nitrogens with one attached hydrogen (secondary N) is 1. The van der Waals surface area contributed by atoms with Gasteiger partial charge in [-0.15, -0.1) is 0 Å². The van der Waals surface area contributed by atoms with Gasteiger partial charge in [0, 0.05) is 18.4 Å². The molecule has 1 aromatic carbocycles. The van der Waals surface area contributed by atoms with Crippen molar-refractivity contribution in [3.8, 4) is 0 Å². The Kier molecular flexibility index (Phi) is 4.55. The number of sulfone groups is 1. The van der Waals surface area contributed by atoms with Gasteiger partial charge in [0.1, 0.15) is 9.84 Å². The molecular formula is C15H19NO5S. The molecule has 0 radical (unpaired) electrons. The van der Waals surface area contributed by atoms with E-state index in [1.807, 2.05) is 0 Å². The summed E-state index contributed by atoms with van der Waals surface area (Å²) in [4.78, 5) is 22.6. The largest absolute Gasteiger partial charge is 0.481 e. The lowest BCUT2D eigenvalue weighted by Gasteiger charge is -2.13. The first kappa shape index (κ1) is 16.5. The quantitative estimate of drug-likeness (QED) is 0.790. The van der Waals surface area contributed by atoms with Crippen LogP contribution in [0.3, 0.4) is 0 Å². The molecule has 1 aliphatic rings. The van der Waals surface area contributed by atoms with Gasteiger partial charge in [-0.3, -0.25) is 9.59 Å². The minimum Gasteiger partial charge on any atom is -0.481 e. The summed E-state index contributed by atoms with van der Waals surface area (Å²) in [5, 5.41) is 11.4. The van der Waals surface area contributed by atoms with Crippen molar-refractivity contribution in [3.63, 3.8) is 0 Å². The standard InChI is InChI=1S/C15H19NO5S/c1-22(20,21)10-15(6-7-15)9-13(17)16-12-4-2-11(3-5-12)8-14(18)19/h2-5H,6-10H2,1H3,(H,16,17)(H,18,19). The fourth-order valence-electron chi connectivity index (χ4n) is 2.53. The number of anilines is 1. The molecule has 0 bridgehead atoms. The summed E-state index contributed by atoms with van der Waals surface area (Å²) in [6.45, 7) is 0. The van der Waals surface area contributed by atoms with E-state index < -0.39 is 21.2 Å². The number of carbonyl (C=O) groups excluding carboxylic acids is 1. The van der Waals surface area contributed by atoms with Gasteiger partial charge in [0.25, 0.3) is 0 Å². The molecule has 1 fully saturated rings. The van der Waals surface area contributed by atoms with Crippen LogP contribution >= 0.6 is 0 Å². The Morgan fingerprint density at radius 2 is 1.82 bits per heavy atom. The van der Waals surface area contributed by atoms with Crippen molar-refractivity contribution in [3.05, 3.63) is 29.8 Å². The van der Waals surface area contributed by atoms with Crippen LogP contribution in [0.1, 0.15) is 24.8 Å². The lowest BCUT2D eigenvalue weighted by atomic mass is 10.0. The molecule has 0 aromatic heterocycles. The molecule has 6 nitrogen and oxygen atoms in total. The second kappa shape index (κ2) is 6.08. The second-order valence-corrected chi connectivity index (χ2v) is 8.20. The van der Waals surface area contributed by atoms with Gasteiger partial charge >= 0.3 is 5.97 Å². The Morgan fingerprint density at radius 3 is 2.27 bits per heavy atom. The third-order valence-corrected chi connectivity index (χ3v) is 4.79. The van der Waals surface area contributed by atoms with Gasteiger partial charge < -0.3 is 10.4 Å². The summed E-state index contributed by atoms with van der Waals surface area (Å²) in [6, 6.07) is 6.58. The van der Waals surface area contributed by atoms with Crippen molar-refractivity contribution in [2.45, 2.75) is 25.7 Å². The smallest absolute Gasteiger partial charge is 0.307 e. The van der Waals surface area contributed by atoms with Crippen LogP contribution in [0.5, 0.6) is 0 Å². The van der Waals surface area contributed by atoms with Gasteiger partial charge in [-0.25, -0.2) is 8.42 Å². The van der Waals surface area contributed by atoms with Gasteiger partial charge in [0.05, 0.1) is 12.2 Å². The van der Waals surface area contributed by atoms with Crippen LogP contribution < -0.4 is 5.32 Å². The topological polar surface area (TPSA) is 101 Å². The lowest BCUT2D eigenvalue weighted by Crippen LogP contribution is -2.23. The van der Waals surface area contributed by atoms with Crippen molar-refractivity contribution in [1.82, 2.24) is 0 Å². The van der Waals surface area contributed by atoms with E-state index in [9.17, 15) is 18.0 Å². The van der Waals surface area contributed by atoms with E-state index in [0.717, 1.165) is 12.8 Å². The van der Waals surface area contributed by atoms with E-state index >= 15 is 0 Å². The molecule has 0 atom stereocenters. The molecular weight excluding hydrogens is 306 g/mol. The van der Waals surface area contributed by atoms with E-state index in [0.29, 0.717) is 11.3 Å². The molecule has 1 amide bonds. The summed E-state index contributed by atoms with van der Waals surface area (Å²) in [7, 11) is -3.09. The first-order valence-corrected chi connectivity index (χ1v) is 9.02. The Morgan fingerprint density at radius 1 is 1.23 bits per heavy atom. The number of rotatable bonds is 7. The van der Waals surface area contributed by atoms with Crippen LogP contribution in [0.4, 0.5) is 5.69 Å². The minimum atomic E-state index is -3.09. The van der Waals surface area contributed by atoms with Crippen LogP contribution in [-0.4, -0.2) is 37.4 Å². The molecule has 1 aliphatic carbocycles. The molecule has 7 heteroatoms. The molecule has 22 heavy (non-hydrogen) atoms. The number of aliphatic carboxylic acids is 1. The molecule has 1 saturated carbocycles. The van der Waals surface area contributed by atoms with E-state index in [2.05, 4.69) is 5.32 Å². The van der Waals surface area contributed by atoms with Crippen LogP contribution in [0.2, 0.25) is 0 Å². The third kappa shape index (κ3) is 5.14. The predicted molar refractivity (Wildman–Crippen MR) is 82.4 cm³/mol. The zero-order chi connectivity index (χ0) is 16.4. The van der Waals surface area contributed by atoms with Gasteiger partial charge in [0.15, 0.2) is 0 Å². The highest BCUT2D eigenvalue weighted by molar-refractivity contribution is 7.90. The Balaban J connectivity index is 1.91. The first-order valence-electron chi connectivity index (χ1n) is 6.96. The average Bonchev–Trinajstić information content (AvgIpc) is 3.07. The number of carboxylic acids is 1. The Hall–Kier alpha value is -1.89. The molecule has 1 aromatic rings. The molecule has 0 heterocycles. The maximum atomic E-state index is 12.0. The fourth-order valence-corrected chi connectivity index (χ4v) is 4.03. The SMILES string of the molecule is CS(=O)(=O)CC1(CC(=O)Nc2ccc(CC(=O)O)cc2)CC1. The monoisotopic (exact) mass is 325 g/mol. The van der Waals surface area contributed by atoms with Crippen molar-refractivity contribution in [1.29, 1.82) is 0 Å². The lowest BCUT2D eigenvalue weighted by molar-refractivity contribution is -0.136. The maximum absolute atomic E-state index is 12.0. The predicted octanol–water partition coefficient (Wildman–Crippen LogP) is 1.47. The molecule has 0 spiro atoms. The Bertz CT molecular complexity index is 674. The highest BCUT2D eigenvalue weighted by Gasteiger charge is 2.46. The Labute approximate surface area is 129 Å². The molecule has 0 unspecified atom stereocenters. The van der Waals surface area contributed by atoms with Crippen molar-refractivity contribution < 1.29 is 23.1 Å². The van der Waals surface area contributed by atoms with Crippen molar-refractivity contribution >= 4 is 27.4 Å². The highest BCUT2D eigenvalue weighted by Crippen LogP contribution is 2.49. The summed E-state index contributed by atoms with van der Waals surface area (Å²) >= 11 is 0. The third-order valence-electron chi connectivity index (χ3n) is 3.65. The number of hydrogen-bond acceptors (Lipinski definition) is 4. The summed E-state index contributed by atoms with van der Waals surface area (Å²) in [5.74, 6) is -1.08. The van der Waals surface area contributed by atoms with Crippen LogP contribution in [-0.2, 0) is 25.8 Å². The van der Waals surface area contributed by atoms with Gasteiger partial charge in [-0.05, 0) is 36.0 Å². The molecule has 2 N–H and O–H groups in total. The molecule has 0 aliphatic heterocycles. The summed E-state index contributed by atoms with van der Waals surface area (Å²) < 4.78 is 22.7. The van der Waals surface area contributed by atoms with E-state index in [4.69, 9.17) is 5.11 Å². The van der Waals surface area contributed by atoms with Gasteiger partial charge in [-0.2, -0.15) is 0 Å². The summed E-state index contributed by atoms with van der Waals surface area (Å²) in [6.07, 6.45) is 2.82. The number of hydrogen-bond donors (Lipinski definition) is 2. The van der Waals surface area contributed by atoms with Crippen LogP contribution in [0.25, 0.3) is 0 Å². The number of amides is 1.